The van der Waals surface area contributed by atoms with Crippen LogP contribution in [0.25, 0.3) is 0 Å². The number of likely N-dealkylation sites (N-methyl/N-ethyl adjacent to an activating group) is 1. The molecule has 0 radical (unpaired) electrons. The molecule has 5 heteroatoms. The lowest BCUT2D eigenvalue weighted by Crippen LogP contribution is -2.51. The Morgan fingerprint density at radius 3 is 2.68 bits per heavy atom. The van der Waals surface area contributed by atoms with Crippen LogP contribution in [-0.2, 0) is 9.53 Å². The fourth-order valence-electron chi connectivity index (χ4n) is 2.75. The number of aliphatic carboxylic acids is 1. The van der Waals surface area contributed by atoms with E-state index in [4.69, 9.17) is 4.74 Å². The van der Waals surface area contributed by atoms with Crippen molar-refractivity contribution in [3.8, 4) is 0 Å². The summed E-state index contributed by atoms with van der Waals surface area (Å²) in [6.45, 7) is 9.66. The maximum atomic E-state index is 11.4. The van der Waals surface area contributed by atoms with E-state index in [0.717, 1.165) is 32.7 Å². The molecule has 0 bridgehead atoms. The molecule has 1 unspecified atom stereocenters. The maximum absolute atomic E-state index is 11.4. The number of ether oxygens (including phenoxy) is 1. The van der Waals surface area contributed by atoms with Gasteiger partial charge in [-0.15, -0.1) is 0 Å². The van der Waals surface area contributed by atoms with Gasteiger partial charge in [0.1, 0.15) is 5.54 Å². The van der Waals surface area contributed by atoms with Gasteiger partial charge in [-0.05, 0) is 46.7 Å². The van der Waals surface area contributed by atoms with E-state index in [1.165, 1.54) is 0 Å². The van der Waals surface area contributed by atoms with E-state index in [2.05, 4.69) is 24.1 Å². The molecular formula is C14H28N2O3. The molecule has 1 aliphatic rings. The largest absolute Gasteiger partial charge is 0.480 e. The maximum Gasteiger partial charge on any atom is 0.323 e. The molecule has 19 heavy (non-hydrogen) atoms. The third-order valence-electron chi connectivity index (χ3n) is 4.07. The summed E-state index contributed by atoms with van der Waals surface area (Å²) in [6.07, 6.45) is 2.15. The predicted octanol–water partition coefficient (Wildman–Crippen LogP) is 1.33. The smallest absolute Gasteiger partial charge is 0.323 e. The number of rotatable bonds is 7. The summed E-state index contributed by atoms with van der Waals surface area (Å²) >= 11 is 0. The van der Waals surface area contributed by atoms with Gasteiger partial charge in [0.15, 0.2) is 0 Å². The second kappa shape index (κ2) is 6.68. The summed E-state index contributed by atoms with van der Waals surface area (Å²) in [5, 5.41) is 12.3. The Morgan fingerprint density at radius 1 is 1.53 bits per heavy atom. The van der Waals surface area contributed by atoms with Crippen molar-refractivity contribution >= 4 is 5.97 Å². The molecule has 1 heterocycles. The Bertz CT molecular complexity index is 301. The lowest BCUT2D eigenvalue weighted by molar-refractivity contribution is -0.145. The fourth-order valence-corrected chi connectivity index (χ4v) is 2.75. The van der Waals surface area contributed by atoms with Gasteiger partial charge in [-0.3, -0.25) is 9.69 Å². The Labute approximate surface area is 116 Å². The van der Waals surface area contributed by atoms with Gasteiger partial charge >= 0.3 is 5.97 Å². The molecule has 0 aromatic heterocycles. The van der Waals surface area contributed by atoms with Crippen molar-refractivity contribution in [2.75, 3.05) is 33.3 Å². The first-order valence-electron chi connectivity index (χ1n) is 7.14. The molecule has 0 aromatic rings. The highest BCUT2D eigenvalue weighted by atomic mass is 16.5. The minimum absolute atomic E-state index is 0.0874. The zero-order valence-electron chi connectivity index (χ0n) is 12.7. The number of carboxylic acid groups (broad SMARTS) is 1. The van der Waals surface area contributed by atoms with Crippen LogP contribution in [0.3, 0.4) is 0 Å². The van der Waals surface area contributed by atoms with Gasteiger partial charge in [-0.2, -0.15) is 0 Å². The summed E-state index contributed by atoms with van der Waals surface area (Å²) in [7, 11) is 1.73. The number of hydrogen-bond acceptors (Lipinski definition) is 4. The summed E-state index contributed by atoms with van der Waals surface area (Å²) in [5.74, 6) is -0.750. The van der Waals surface area contributed by atoms with E-state index in [0.29, 0.717) is 12.8 Å². The van der Waals surface area contributed by atoms with Crippen molar-refractivity contribution in [3.63, 3.8) is 0 Å². The zero-order chi connectivity index (χ0) is 14.5. The molecule has 1 rings (SSSR count). The first-order valence-corrected chi connectivity index (χ1v) is 7.14. The highest BCUT2D eigenvalue weighted by molar-refractivity contribution is 5.78. The van der Waals surface area contributed by atoms with Gasteiger partial charge in [-0.1, -0.05) is 6.92 Å². The summed E-state index contributed by atoms with van der Waals surface area (Å²) in [4.78, 5) is 13.7. The van der Waals surface area contributed by atoms with Crippen molar-refractivity contribution in [3.05, 3.63) is 0 Å². The number of hydrogen-bond donors (Lipinski definition) is 2. The Hall–Kier alpha value is -0.650. The van der Waals surface area contributed by atoms with E-state index in [1.807, 2.05) is 6.92 Å². The van der Waals surface area contributed by atoms with Crippen LogP contribution in [0.2, 0.25) is 0 Å². The average molecular weight is 272 g/mol. The topological polar surface area (TPSA) is 61.8 Å². The van der Waals surface area contributed by atoms with Crippen LogP contribution in [0.1, 0.15) is 40.0 Å². The molecule has 1 saturated heterocycles. The van der Waals surface area contributed by atoms with Crippen molar-refractivity contribution in [1.29, 1.82) is 0 Å². The molecule has 5 nitrogen and oxygen atoms in total. The van der Waals surface area contributed by atoms with Crippen LogP contribution in [0.5, 0.6) is 0 Å². The van der Waals surface area contributed by atoms with Gasteiger partial charge in [0.05, 0.1) is 12.2 Å². The van der Waals surface area contributed by atoms with Gasteiger partial charge in [0, 0.05) is 13.1 Å². The van der Waals surface area contributed by atoms with Gasteiger partial charge < -0.3 is 15.2 Å². The van der Waals surface area contributed by atoms with E-state index < -0.39 is 11.5 Å². The highest BCUT2D eigenvalue weighted by Gasteiger charge is 2.34. The lowest BCUT2D eigenvalue weighted by Gasteiger charge is -2.38. The molecular weight excluding hydrogens is 244 g/mol. The van der Waals surface area contributed by atoms with Gasteiger partial charge in [-0.25, -0.2) is 0 Å². The molecule has 1 fully saturated rings. The van der Waals surface area contributed by atoms with Crippen LogP contribution in [0, 0.1) is 0 Å². The van der Waals surface area contributed by atoms with Crippen LogP contribution in [-0.4, -0.2) is 60.4 Å². The summed E-state index contributed by atoms with van der Waals surface area (Å²) < 4.78 is 5.68. The van der Waals surface area contributed by atoms with Gasteiger partial charge in [0.2, 0.25) is 0 Å². The molecule has 0 amide bonds. The number of nitrogens with one attached hydrogen (secondary N) is 1. The minimum Gasteiger partial charge on any atom is -0.480 e. The Morgan fingerprint density at radius 2 is 2.21 bits per heavy atom. The molecule has 112 valence electrons. The molecule has 2 N–H and O–H groups in total. The second-order valence-electron chi connectivity index (χ2n) is 5.98. The SMILES string of the molecule is CCC(CCCN1CCOC(C)(C)C1)(NC)C(=O)O. The standard InChI is InChI=1S/C14H28N2O3/c1-5-14(15-4,12(17)18)7-6-8-16-9-10-19-13(2,3)11-16/h15H,5-11H2,1-4H3,(H,17,18). The third kappa shape index (κ3) is 4.44. The predicted molar refractivity (Wildman–Crippen MR) is 75.4 cm³/mol. The normalized spacial score (nSPS) is 22.9. The average Bonchev–Trinajstić information content (AvgIpc) is 2.33. The van der Waals surface area contributed by atoms with E-state index in [-0.39, 0.29) is 5.60 Å². The van der Waals surface area contributed by atoms with Gasteiger partial charge in [0.25, 0.3) is 0 Å². The Kier molecular flexibility index (Phi) is 5.77. The molecule has 0 spiro atoms. The van der Waals surface area contributed by atoms with E-state index >= 15 is 0 Å². The molecule has 0 aliphatic carbocycles. The third-order valence-corrected chi connectivity index (χ3v) is 4.07. The van der Waals surface area contributed by atoms with Crippen LogP contribution >= 0.6 is 0 Å². The fraction of sp³-hybridized carbons (Fsp3) is 0.929. The van der Waals surface area contributed by atoms with Crippen molar-refractivity contribution < 1.29 is 14.6 Å². The lowest BCUT2D eigenvalue weighted by atomic mass is 9.90. The molecule has 0 saturated carbocycles. The van der Waals surface area contributed by atoms with Crippen molar-refractivity contribution in [2.45, 2.75) is 51.2 Å². The monoisotopic (exact) mass is 272 g/mol. The van der Waals surface area contributed by atoms with E-state index in [1.54, 1.807) is 7.05 Å². The quantitative estimate of drug-likeness (QED) is 0.732. The summed E-state index contributed by atoms with van der Waals surface area (Å²) in [5.41, 5.74) is -0.863. The molecule has 0 aromatic carbocycles. The number of morpholine rings is 1. The van der Waals surface area contributed by atoms with Crippen molar-refractivity contribution in [1.82, 2.24) is 10.2 Å². The number of nitrogens with zero attached hydrogens (tertiary/aromatic N) is 1. The van der Waals surface area contributed by atoms with Crippen LogP contribution in [0.4, 0.5) is 0 Å². The van der Waals surface area contributed by atoms with E-state index in [9.17, 15) is 9.90 Å². The Balaban J connectivity index is 2.42. The second-order valence-corrected chi connectivity index (χ2v) is 5.98. The van der Waals surface area contributed by atoms with Crippen molar-refractivity contribution in [2.24, 2.45) is 0 Å². The minimum atomic E-state index is -0.776. The first-order chi connectivity index (χ1) is 8.85. The zero-order valence-corrected chi connectivity index (χ0v) is 12.7. The highest BCUT2D eigenvalue weighted by Crippen LogP contribution is 2.20. The first kappa shape index (κ1) is 16.4. The number of carbonyl (C=O) groups is 1. The molecule has 1 aliphatic heterocycles. The summed E-state index contributed by atoms with van der Waals surface area (Å²) in [6, 6.07) is 0. The number of carboxylic acids is 1. The van der Waals surface area contributed by atoms with Crippen LogP contribution < -0.4 is 5.32 Å². The molecule has 1 atom stereocenters. The van der Waals surface area contributed by atoms with Crippen LogP contribution in [0.15, 0.2) is 0 Å².